The van der Waals surface area contributed by atoms with Crippen molar-refractivity contribution in [2.75, 3.05) is 18.0 Å². The van der Waals surface area contributed by atoms with Gasteiger partial charge in [0.1, 0.15) is 5.02 Å². The summed E-state index contributed by atoms with van der Waals surface area (Å²) in [6.07, 6.45) is 3.21. The molecule has 1 fully saturated rings. The van der Waals surface area contributed by atoms with E-state index < -0.39 is 0 Å². The number of nitrogens with zero attached hydrogens (tertiary/aromatic N) is 3. The summed E-state index contributed by atoms with van der Waals surface area (Å²) in [5.74, 6) is -0.0216. The van der Waals surface area contributed by atoms with Crippen molar-refractivity contribution in [1.29, 1.82) is 0 Å². The third-order valence-corrected chi connectivity index (χ3v) is 6.39. The lowest BCUT2D eigenvalue weighted by atomic mass is 10.0. The SMILES string of the molecule is Cc1ccc(C(=O)NC2CCN(c3cnn(-c4ccccc4)c(=O)c3Cl)CC2)s1. The highest BCUT2D eigenvalue weighted by Crippen LogP contribution is 2.25. The Morgan fingerprint density at radius 2 is 1.90 bits per heavy atom. The minimum atomic E-state index is -0.334. The molecule has 1 aliphatic rings. The quantitative estimate of drug-likeness (QED) is 0.688. The van der Waals surface area contributed by atoms with Gasteiger partial charge in [0.25, 0.3) is 11.5 Å². The topological polar surface area (TPSA) is 67.2 Å². The molecule has 4 rings (SSSR count). The van der Waals surface area contributed by atoms with Crippen molar-refractivity contribution < 1.29 is 4.79 Å². The maximum atomic E-state index is 12.7. The van der Waals surface area contributed by atoms with E-state index in [9.17, 15) is 9.59 Å². The lowest BCUT2D eigenvalue weighted by Gasteiger charge is -2.34. The van der Waals surface area contributed by atoms with Gasteiger partial charge in [-0.1, -0.05) is 29.8 Å². The van der Waals surface area contributed by atoms with Crippen LogP contribution in [0.15, 0.2) is 53.5 Å². The van der Waals surface area contributed by atoms with E-state index in [0.717, 1.165) is 22.6 Å². The number of rotatable bonds is 4. The van der Waals surface area contributed by atoms with Gasteiger partial charge in [0.2, 0.25) is 0 Å². The molecule has 0 spiro atoms. The number of thiophene rings is 1. The molecular formula is C21H21ClN4O2S. The zero-order valence-electron chi connectivity index (χ0n) is 16.0. The first-order chi connectivity index (χ1) is 14.0. The molecule has 1 amide bonds. The first-order valence-corrected chi connectivity index (χ1v) is 10.7. The van der Waals surface area contributed by atoms with Crippen molar-refractivity contribution in [3.63, 3.8) is 0 Å². The molecule has 6 nitrogen and oxygen atoms in total. The molecule has 0 unspecified atom stereocenters. The highest BCUT2D eigenvalue weighted by atomic mass is 35.5. The maximum Gasteiger partial charge on any atom is 0.292 e. The second kappa shape index (κ2) is 8.39. The molecule has 0 saturated carbocycles. The Labute approximate surface area is 177 Å². The predicted octanol–water partition coefficient (Wildman–Crippen LogP) is 3.65. The molecule has 150 valence electrons. The van der Waals surface area contributed by atoms with Crippen LogP contribution in [0.2, 0.25) is 5.02 Å². The van der Waals surface area contributed by atoms with Gasteiger partial charge in [-0.15, -0.1) is 11.3 Å². The number of aryl methyl sites for hydroxylation is 1. The fourth-order valence-electron chi connectivity index (χ4n) is 3.48. The van der Waals surface area contributed by atoms with E-state index >= 15 is 0 Å². The number of hydrogen-bond acceptors (Lipinski definition) is 5. The first-order valence-electron chi connectivity index (χ1n) is 9.48. The fraction of sp³-hybridized carbons (Fsp3) is 0.286. The molecule has 1 saturated heterocycles. The Morgan fingerprint density at radius 3 is 2.55 bits per heavy atom. The van der Waals surface area contributed by atoms with Crippen molar-refractivity contribution in [1.82, 2.24) is 15.1 Å². The lowest BCUT2D eigenvalue weighted by Crippen LogP contribution is -2.45. The van der Waals surface area contributed by atoms with Crippen molar-refractivity contribution in [2.24, 2.45) is 0 Å². The average Bonchev–Trinajstić information content (AvgIpc) is 3.18. The van der Waals surface area contributed by atoms with Crippen LogP contribution in [0.25, 0.3) is 5.69 Å². The number of piperidine rings is 1. The number of amides is 1. The summed E-state index contributed by atoms with van der Waals surface area (Å²) in [5.41, 5.74) is 0.984. The summed E-state index contributed by atoms with van der Waals surface area (Å²) in [7, 11) is 0. The Kier molecular flexibility index (Phi) is 5.69. The van der Waals surface area contributed by atoms with E-state index in [0.29, 0.717) is 24.5 Å². The molecule has 1 aromatic carbocycles. The summed E-state index contributed by atoms with van der Waals surface area (Å²) >= 11 is 7.90. The van der Waals surface area contributed by atoms with Crippen LogP contribution in [0.3, 0.4) is 0 Å². The van der Waals surface area contributed by atoms with Gasteiger partial charge in [0, 0.05) is 24.0 Å². The molecule has 2 aromatic heterocycles. The van der Waals surface area contributed by atoms with Gasteiger partial charge in [0.05, 0.1) is 22.4 Å². The van der Waals surface area contributed by atoms with Gasteiger partial charge in [0.15, 0.2) is 0 Å². The number of benzene rings is 1. The number of nitrogens with one attached hydrogen (secondary N) is 1. The van der Waals surface area contributed by atoms with Crippen molar-refractivity contribution in [3.05, 3.63) is 73.8 Å². The highest BCUT2D eigenvalue weighted by Gasteiger charge is 2.24. The van der Waals surface area contributed by atoms with Gasteiger partial charge < -0.3 is 10.2 Å². The van der Waals surface area contributed by atoms with E-state index in [1.54, 1.807) is 6.20 Å². The second-order valence-electron chi connectivity index (χ2n) is 7.04. The third kappa shape index (κ3) is 4.21. The van der Waals surface area contributed by atoms with E-state index in [1.165, 1.54) is 16.0 Å². The van der Waals surface area contributed by atoms with Gasteiger partial charge >= 0.3 is 0 Å². The number of anilines is 1. The Bertz CT molecular complexity index is 1070. The number of para-hydroxylation sites is 1. The minimum absolute atomic E-state index is 0.0216. The largest absolute Gasteiger partial charge is 0.369 e. The van der Waals surface area contributed by atoms with Gasteiger partial charge in [-0.2, -0.15) is 9.78 Å². The Morgan fingerprint density at radius 1 is 1.17 bits per heavy atom. The fourth-order valence-corrected chi connectivity index (χ4v) is 4.49. The van der Waals surface area contributed by atoms with Crippen LogP contribution in [0, 0.1) is 6.92 Å². The number of halogens is 1. The summed E-state index contributed by atoms with van der Waals surface area (Å²) in [6, 6.07) is 13.1. The molecule has 1 aliphatic heterocycles. The number of carbonyl (C=O) groups excluding carboxylic acids is 1. The summed E-state index contributed by atoms with van der Waals surface area (Å²) in [5, 5.41) is 7.58. The standard InChI is InChI=1S/C21H21ClN4O2S/c1-14-7-8-18(29-14)20(27)24-15-9-11-25(12-10-15)17-13-23-26(21(28)19(17)22)16-5-3-2-4-6-16/h2-8,13,15H,9-12H2,1H3,(H,24,27). The zero-order valence-corrected chi connectivity index (χ0v) is 17.5. The van der Waals surface area contributed by atoms with Gasteiger partial charge in [-0.25, -0.2) is 0 Å². The van der Waals surface area contributed by atoms with E-state index in [4.69, 9.17) is 11.6 Å². The van der Waals surface area contributed by atoms with Crippen LogP contribution < -0.4 is 15.8 Å². The number of hydrogen-bond donors (Lipinski definition) is 1. The molecular weight excluding hydrogens is 408 g/mol. The van der Waals surface area contributed by atoms with Crippen molar-refractivity contribution in [3.8, 4) is 5.69 Å². The summed E-state index contributed by atoms with van der Waals surface area (Å²) in [4.78, 5) is 29.0. The molecule has 0 atom stereocenters. The van der Waals surface area contributed by atoms with Gasteiger partial charge in [-0.05, 0) is 44.0 Å². The average molecular weight is 429 g/mol. The lowest BCUT2D eigenvalue weighted by molar-refractivity contribution is 0.0935. The van der Waals surface area contributed by atoms with Crippen LogP contribution in [0.1, 0.15) is 27.4 Å². The zero-order chi connectivity index (χ0) is 20.4. The normalized spacial score (nSPS) is 14.8. The third-order valence-electron chi connectivity index (χ3n) is 5.04. The molecule has 0 bridgehead atoms. The molecule has 3 heterocycles. The van der Waals surface area contributed by atoms with Crippen molar-refractivity contribution in [2.45, 2.75) is 25.8 Å². The van der Waals surface area contributed by atoms with Crippen LogP contribution in [0.5, 0.6) is 0 Å². The Balaban J connectivity index is 1.43. The minimum Gasteiger partial charge on any atom is -0.369 e. The number of aromatic nitrogens is 2. The molecule has 1 N–H and O–H groups in total. The highest BCUT2D eigenvalue weighted by molar-refractivity contribution is 7.13. The maximum absolute atomic E-state index is 12.7. The predicted molar refractivity (Wildman–Crippen MR) is 117 cm³/mol. The van der Waals surface area contributed by atoms with Gasteiger partial charge in [-0.3, -0.25) is 9.59 Å². The van der Waals surface area contributed by atoms with Crippen LogP contribution in [-0.4, -0.2) is 34.8 Å². The second-order valence-corrected chi connectivity index (χ2v) is 8.71. The molecule has 0 aliphatic carbocycles. The van der Waals surface area contributed by atoms with E-state index in [1.807, 2.05) is 49.4 Å². The van der Waals surface area contributed by atoms with Crippen molar-refractivity contribution >= 4 is 34.5 Å². The summed E-state index contributed by atoms with van der Waals surface area (Å²) in [6.45, 7) is 3.39. The smallest absolute Gasteiger partial charge is 0.292 e. The van der Waals surface area contributed by atoms with Crippen LogP contribution in [0.4, 0.5) is 5.69 Å². The molecule has 29 heavy (non-hydrogen) atoms. The van der Waals surface area contributed by atoms with E-state index in [-0.39, 0.29) is 22.5 Å². The molecule has 0 radical (unpaired) electrons. The van der Waals surface area contributed by atoms with Crippen LogP contribution in [-0.2, 0) is 0 Å². The van der Waals surface area contributed by atoms with E-state index in [2.05, 4.69) is 15.3 Å². The molecule has 3 aromatic rings. The number of carbonyl (C=O) groups is 1. The first kappa shape index (κ1) is 19.7. The Hall–Kier alpha value is -2.64. The monoisotopic (exact) mass is 428 g/mol. The molecule has 8 heteroatoms. The summed E-state index contributed by atoms with van der Waals surface area (Å²) < 4.78 is 1.31. The van der Waals surface area contributed by atoms with Crippen LogP contribution >= 0.6 is 22.9 Å².